The fourth-order valence-corrected chi connectivity index (χ4v) is 6.04. The maximum atomic E-state index is 15.0. The van der Waals surface area contributed by atoms with Crippen LogP contribution in [-0.4, -0.2) is 61.8 Å². The molecule has 154 valence electrons. The van der Waals surface area contributed by atoms with Crippen LogP contribution >= 0.6 is 29.7 Å². The Labute approximate surface area is 176 Å². The predicted molar refractivity (Wildman–Crippen MR) is 115 cm³/mol. The fourth-order valence-electron chi connectivity index (χ4n) is 3.16. The number of rotatable bonds is 8. The fraction of sp³-hybridized carbons (Fsp3) is 0.647. The summed E-state index contributed by atoms with van der Waals surface area (Å²) in [7, 11) is -2.48. The Hall–Kier alpha value is -0.970. The third-order valence-electron chi connectivity index (χ3n) is 4.78. The average molecular weight is 523 g/mol. The summed E-state index contributed by atoms with van der Waals surface area (Å²) in [5, 5.41) is 0. The summed E-state index contributed by atoms with van der Waals surface area (Å²) in [5.41, 5.74) is 0.835. The SMILES string of the molecule is C=Nc1ncnc2c1ncn2[C@@H]1O[C@H](OC[P@@](C)(=O)C[C@@H](C)CC)[C@@H](I)[C@@H]1F. The maximum absolute atomic E-state index is 15.0. The standard InChI is InChI=1S/C17H24FIN5O3P/c1-5-10(2)6-28(4,25)9-26-17-12(19)11(18)16(27-17)24-8-23-13-14(20-3)21-7-22-15(13)24/h7-8,10-12,16-17H,3,5-6,9H2,1-2,4H3/t10-,11-,12-,16+,17-,28-/m0/s1. The number of hydrogen-bond acceptors (Lipinski definition) is 7. The van der Waals surface area contributed by atoms with E-state index in [1.807, 2.05) is 22.6 Å². The molecule has 0 aliphatic carbocycles. The molecule has 1 aliphatic rings. The molecule has 0 spiro atoms. The molecule has 3 rings (SSSR count). The van der Waals surface area contributed by atoms with Gasteiger partial charge in [-0.1, -0.05) is 42.9 Å². The lowest BCUT2D eigenvalue weighted by Gasteiger charge is -2.21. The predicted octanol–water partition coefficient (Wildman–Crippen LogP) is 4.17. The molecule has 0 saturated carbocycles. The van der Waals surface area contributed by atoms with Crippen LogP contribution < -0.4 is 0 Å². The lowest BCUT2D eigenvalue weighted by molar-refractivity contribution is -0.139. The van der Waals surface area contributed by atoms with Crippen molar-refractivity contribution in [3.8, 4) is 0 Å². The van der Waals surface area contributed by atoms with Crippen molar-refractivity contribution in [2.45, 2.75) is 42.9 Å². The van der Waals surface area contributed by atoms with E-state index in [1.54, 1.807) is 6.66 Å². The Morgan fingerprint density at radius 1 is 1.50 bits per heavy atom. The number of halogens is 2. The van der Waals surface area contributed by atoms with Gasteiger partial charge in [-0.2, -0.15) is 0 Å². The molecule has 0 bridgehead atoms. The van der Waals surface area contributed by atoms with Gasteiger partial charge in [0.25, 0.3) is 0 Å². The normalized spacial score (nSPS) is 28.3. The number of imidazole rings is 1. The largest absolute Gasteiger partial charge is 0.344 e. The summed E-state index contributed by atoms with van der Waals surface area (Å²) >= 11 is 1.97. The quantitative estimate of drug-likeness (QED) is 0.223. The highest BCUT2D eigenvalue weighted by molar-refractivity contribution is 14.1. The van der Waals surface area contributed by atoms with Gasteiger partial charge in [-0.05, 0) is 19.3 Å². The molecule has 0 amide bonds. The highest BCUT2D eigenvalue weighted by atomic mass is 127. The van der Waals surface area contributed by atoms with Gasteiger partial charge in [-0.25, -0.2) is 24.3 Å². The summed E-state index contributed by atoms with van der Waals surface area (Å²) in [6.07, 6.45) is 1.30. The van der Waals surface area contributed by atoms with Crippen molar-refractivity contribution in [2.75, 3.05) is 19.2 Å². The van der Waals surface area contributed by atoms with Crippen LogP contribution in [-0.2, 0) is 14.0 Å². The van der Waals surface area contributed by atoms with Gasteiger partial charge >= 0.3 is 0 Å². The van der Waals surface area contributed by atoms with Crippen LogP contribution in [0.5, 0.6) is 0 Å². The first-order chi connectivity index (χ1) is 13.3. The summed E-state index contributed by atoms with van der Waals surface area (Å²) in [6, 6.07) is 0. The summed E-state index contributed by atoms with van der Waals surface area (Å²) in [4.78, 5) is 16.2. The van der Waals surface area contributed by atoms with E-state index < -0.39 is 29.8 Å². The van der Waals surface area contributed by atoms with E-state index in [2.05, 4.69) is 40.5 Å². The van der Waals surface area contributed by atoms with Crippen molar-refractivity contribution in [3.63, 3.8) is 0 Å². The van der Waals surface area contributed by atoms with Crippen molar-refractivity contribution < 1.29 is 18.4 Å². The molecule has 0 N–H and O–H groups in total. The number of fused-ring (bicyclic) bond motifs is 1. The van der Waals surface area contributed by atoms with E-state index in [0.29, 0.717) is 29.1 Å². The summed E-state index contributed by atoms with van der Waals surface area (Å²) in [6.45, 7) is 9.32. The molecular formula is C17H24FIN5O3P. The lowest BCUT2D eigenvalue weighted by atomic mass is 10.2. The van der Waals surface area contributed by atoms with E-state index in [0.717, 1.165) is 6.42 Å². The number of alkyl halides is 2. The van der Waals surface area contributed by atoms with Crippen LogP contribution in [0.25, 0.3) is 11.2 Å². The first-order valence-corrected chi connectivity index (χ1v) is 12.8. The van der Waals surface area contributed by atoms with E-state index >= 15 is 0 Å². The Kier molecular flexibility index (Phi) is 6.84. The zero-order valence-electron chi connectivity index (χ0n) is 16.0. The first kappa shape index (κ1) is 21.7. The van der Waals surface area contributed by atoms with E-state index in [1.165, 1.54) is 17.2 Å². The van der Waals surface area contributed by atoms with Gasteiger partial charge in [0, 0.05) is 6.16 Å². The van der Waals surface area contributed by atoms with Crippen LogP contribution in [0, 0.1) is 5.92 Å². The monoisotopic (exact) mass is 523 g/mol. The summed E-state index contributed by atoms with van der Waals surface area (Å²) < 4.78 is 40.3. The molecule has 2 aromatic rings. The van der Waals surface area contributed by atoms with E-state index in [-0.39, 0.29) is 6.35 Å². The lowest BCUT2D eigenvalue weighted by Crippen LogP contribution is -2.25. The molecule has 28 heavy (non-hydrogen) atoms. The van der Waals surface area contributed by atoms with E-state index in [9.17, 15) is 8.96 Å². The molecule has 0 radical (unpaired) electrons. The highest BCUT2D eigenvalue weighted by Crippen LogP contribution is 2.46. The molecule has 3 heterocycles. The first-order valence-electron chi connectivity index (χ1n) is 9.02. The molecule has 8 nitrogen and oxygen atoms in total. The average Bonchev–Trinajstić information content (AvgIpc) is 3.21. The molecule has 1 aliphatic heterocycles. The van der Waals surface area contributed by atoms with Gasteiger partial charge in [0.2, 0.25) is 0 Å². The molecule has 0 aromatic carbocycles. The van der Waals surface area contributed by atoms with Gasteiger partial charge in [-0.3, -0.25) is 4.57 Å². The zero-order valence-corrected chi connectivity index (χ0v) is 19.1. The third-order valence-corrected chi connectivity index (χ3v) is 8.15. The van der Waals surface area contributed by atoms with E-state index in [4.69, 9.17) is 9.47 Å². The second kappa shape index (κ2) is 8.81. The van der Waals surface area contributed by atoms with Gasteiger partial charge in [0.15, 0.2) is 35.7 Å². The molecule has 2 aromatic heterocycles. The molecule has 1 saturated heterocycles. The Balaban J connectivity index is 1.74. The van der Waals surface area contributed by atoms with Crippen molar-refractivity contribution in [1.29, 1.82) is 0 Å². The van der Waals surface area contributed by atoms with Crippen molar-refractivity contribution in [2.24, 2.45) is 10.9 Å². The Bertz CT molecular complexity index is 897. The zero-order chi connectivity index (χ0) is 20.5. The van der Waals surface area contributed by atoms with Crippen LogP contribution in [0.15, 0.2) is 17.6 Å². The molecule has 6 atom stereocenters. The number of aliphatic imine (C=N–C) groups is 1. The van der Waals surface area contributed by atoms with Crippen molar-refractivity contribution in [3.05, 3.63) is 12.7 Å². The van der Waals surface area contributed by atoms with Crippen LogP contribution in [0.2, 0.25) is 0 Å². The van der Waals surface area contributed by atoms with Gasteiger partial charge < -0.3 is 14.0 Å². The number of aromatic nitrogens is 4. The number of ether oxygens (including phenoxy) is 2. The minimum atomic E-state index is -2.48. The Morgan fingerprint density at radius 2 is 2.25 bits per heavy atom. The molecular weight excluding hydrogens is 499 g/mol. The van der Waals surface area contributed by atoms with Crippen LogP contribution in [0.3, 0.4) is 0 Å². The van der Waals surface area contributed by atoms with Crippen LogP contribution in [0.4, 0.5) is 10.2 Å². The summed E-state index contributed by atoms with van der Waals surface area (Å²) in [5.74, 6) is 0.679. The topological polar surface area (TPSA) is 91.5 Å². The number of hydrogen-bond donors (Lipinski definition) is 0. The second-order valence-electron chi connectivity index (χ2n) is 7.25. The minimum absolute atomic E-state index is 0.0678. The highest BCUT2D eigenvalue weighted by Gasteiger charge is 2.46. The molecule has 1 fully saturated rings. The van der Waals surface area contributed by atoms with Crippen molar-refractivity contribution in [1.82, 2.24) is 19.5 Å². The van der Waals surface area contributed by atoms with Gasteiger partial charge in [0.05, 0.1) is 10.3 Å². The van der Waals surface area contributed by atoms with Gasteiger partial charge in [-0.15, -0.1) is 0 Å². The molecule has 11 heteroatoms. The second-order valence-corrected chi connectivity index (χ2v) is 11.9. The van der Waals surface area contributed by atoms with Gasteiger partial charge in [0.1, 0.15) is 19.8 Å². The third kappa shape index (κ3) is 4.44. The maximum Gasteiger partial charge on any atom is 0.182 e. The smallest absolute Gasteiger partial charge is 0.182 e. The number of nitrogens with zero attached hydrogens (tertiary/aromatic N) is 5. The van der Waals surface area contributed by atoms with Crippen molar-refractivity contribution >= 4 is 53.4 Å². The minimum Gasteiger partial charge on any atom is -0.344 e. The molecule has 0 unspecified atom stereocenters. The Morgan fingerprint density at radius 3 is 2.93 bits per heavy atom. The van der Waals surface area contributed by atoms with Crippen LogP contribution in [0.1, 0.15) is 26.5 Å².